The molecule has 0 amide bonds. The molecule has 88 valence electrons. The van der Waals surface area contributed by atoms with Gasteiger partial charge in [0.15, 0.2) is 5.84 Å². The van der Waals surface area contributed by atoms with E-state index in [1.165, 1.54) is 0 Å². The molecule has 1 rings (SSSR count). The van der Waals surface area contributed by atoms with Crippen LogP contribution in [0.25, 0.3) is 0 Å². The first-order valence-corrected chi connectivity index (χ1v) is 5.00. The molecule has 4 N–H and O–H groups in total. The SMILES string of the molecule is COCc1cccc(CNCC(N)=NO)c1. The number of amidine groups is 1. The zero-order chi connectivity index (χ0) is 11.8. The summed E-state index contributed by atoms with van der Waals surface area (Å²) in [6, 6.07) is 8.06. The lowest BCUT2D eigenvalue weighted by molar-refractivity contribution is 0.185. The average molecular weight is 223 g/mol. The molecule has 0 radical (unpaired) electrons. The van der Waals surface area contributed by atoms with Gasteiger partial charge in [-0.05, 0) is 11.1 Å². The molecule has 0 aliphatic carbocycles. The van der Waals surface area contributed by atoms with Crippen LogP contribution in [0, 0.1) is 0 Å². The molecule has 0 aliphatic heterocycles. The third kappa shape index (κ3) is 4.29. The van der Waals surface area contributed by atoms with Crippen LogP contribution in [0.5, 0.6) is 0 Å². The van der Waals surface area contributed by atoms with Gasteiger partial charge in [-0.3, -0.25) is 0 Å². The Balaban J connectivity index is 2.44. The van der Waals surface area contributed by atoms with Gasteiger partial charge in [0, 0.05) is 13.7 Å². The fourth-order valence-electron chi connectivity index (χ4n) is 1.37. The third-order valence-electron chi connectivity index (χ3n) is 2.07. The molecule has 1 aromatic carbocycles. The summed E-state index contributed by atoms with van der Waals surface area (Å²) in [7, 11) is 1.67. The maximum atomic E-state index is 8.35. The normalized spacial score (nSPS) is 11.7. The highest BCUT2D eigenvalue weighted by atomic mass is 16.5. The van der Waals surface area contributed by atoms with E-state index in [1.54, 1.807) is 7.11 Å². The lowest BCUT2D eigenvalue weighted by Crippen LogP contribution is -2.28. The second-order valence-corrected chi connectivity index (χ2v) is 3.45. The highest BCUT2D eigenvalue weighted by Gasteiger charge is 1.97. The minimum Gasteiger partial charge on any atom is -0.409 e. The molecule has 0 atom stereocenters. The number of hydrogen-bond donors (Lipinski definition) is 3. The molecule has 0 spiro atoms. The Hall–Kier alpha value is -1.59. The predicted octanol–water partition coefficient (Wildman–Crippen LogP) is 0.669. The first kappa shape index (κ1) is 12.5. The van der Waals surface area contributed by atoms with E-state index in [2.05, 4.69) is 16.5 Å². The van der Waals surface area contributed by atoms with Gasteiger partial charge in [0.1, 0.15) is 0 Å². The molecule has 1 aromatic rings. The number of oxime groups is 1. The lowest BCUT2D eigenvalue weighted by atomic mass is 10.1. The maximum Gasteiger partial charge on any atom is 0.153 e. The summed E-state index contributed by atoms with van der Waals surface area (Å²) in [5.41, 5.74) is 7.60. The first-order valence-electron chi connectivity index (χ1n) is 5.00. The van der Waals surface area contributed by atoms with Crippen LogP contribution in [-0.2, 0) is 17.9 Å². The molecule has 0 bridgehead atoms. The highest BCUT2D eigenvalue weighted by molar-refractivity contribution is 5.81. The Morgan fingerprint density at radius 2 is 2.25 bits per heavy atom. The fourth-order valence-corrected chi connectivity index (χ4v) is 1.37. The van der Waals surface area contributed by atoms with Crippen LogP contribution in [0.1, 0.15) is 11.1 Å². The summed E-state index contributed by atoms with van der Waals surface area (Å²) >= 11 is 0. The second kappa shape index (κ2) is 6.81. The number of ether oxygens (including phenoxy) is 1. The fraction of sp³-hybridized carbons (Fsp3) is 0.364. The van der Waals surface area contributed by atoms with Crippen molar-refractivity contribution in [3.63, 3.8) is 0 Å². The zero-order valence-electron chi connectivity index (χ0n) is 9.31. The van der Waals surface area contributed by atoms with Crippen molar-refractivity contribution in [2.75, 3.05) is 13.7 Å². The number of nitrogens with zero attached hydrogens (tertiary/aromatic N) is 1. The summed E-state index contributed by atoms with van der Waals surface area (Å²) in [4.78, 5) is 0. The Morgan fingerprint density at radius 3 is 2.94 bits per heavy atom. The summed E-state index contributed by atoms with van der Waals surface area (Å²) in [6.45, 7) is 1.65. The van der Waals surface area contributed by atoms with Gasteiger partial charge in [0.2, 0.25) is 0 Å². The standard InChI is InChI=1S/C11H17N3O2/c1-16-8-10-4-2-3-9(5-10)6-13-7-11(12)14-15/h2-5,13,15H,6-8H2,1H3,(H2,12,14). The smallest absolute Gasteiger partial charge is 0.153 e. The Morgan fingerprint density at radius 1 is 1.50 bits per heavy atom. The van der Waals surface area contributed by atoms with E-state index < -0.39 is 0 Å². The van der Waals surface area contributed by atoms with Crippen molar-refractivity contribution in [2.45, 2.75) is 13.2 Å². The predicted molar refractivity (Wildman–Crippen MR) is 62.3 cm³/mol. The highest BCUT2D eigenvalue weighted by Crippen LogP contribution is 2.05. The zero-order valence-corrected chi connectivity index (χ0v) is 9.31. The average Bonchev–Trinajstić information content (AvgIpc) is 2.30. The van der Waals surface area contributed by atoms with Gasteiger partial charge in [0.05, 0.1) is 13.2 Å². The van der Waals surface area contributed by atoms with Crippen LogP contribution in [0.2, 0.25) is 0 Å². The van der Waals surface area contributed by atoms with Crippen molar-refractivity contribution >= 4 is 5.84 Å². The summed E-state index contributed by atoms with van der Waals surface area (Å²) < 4.78 is 5.05. The van der Waals surface area contributed by atoms with E-state index in [0.717, 1.165) is 11.1 Å². The molecule has 16 heavy (non-hydrogen) atoms. The van der Waals surface area contributed by atoms with Gasteiger partial charge in [-0.15, -0.1) is 0 Å². The van der Waals surface area contributed by atoms with Gasteiger partial charge >= 0.3 is 0 Å². The van der Waals surface area contributed by atoms with Gasteiger partial charge in [-0.1, -0.05) is 29.4 Å². The van der Waals surface area contributed by atoms with Crippen molar-refractivity contribution in [2.24, 2.45) is 10.9 Å². The summed E-state index contributed by atoms with van der Waals surface area (Å²) in [5, 5.41) is 14.3. The van der Waals surface area contributed by atoms with E-state index in [1.807, 2.05) is 18.2 Å². The van der Waals surface area contributed by atoms with Crippen molar-refractivity contribution in [3.8, 4) is 0 Å². The molecule has 0 aliphatic rings. The monoisotopic (exact) mass is 223 g/mol. The molecule has 0 saturated heterocycles. The van der Waals surface area contributed by atoms with Crippen LogP contribution >= 0.6 is 0 Å². The van der Waals surface area contributed by atoms with Gasteiger partial charge in [0.25, 0.3) is 0 Å². The summed E-state index contributed by atoms with van der Waals surface area (Å²) in [5.74, 6) is 0.174. The van der Waals surface area contributed by atoms with Crippen LogP contribution in [-0.4, -0.2) is 24.7 Å². The van der Waals surface area contributed by atoms with Crippen molar-refractivity contribution in [1.82, 2.24) is 5.32 Å². The molecule has 5 heteroatoms. The van der Waals surface area contributed by atoms with E-state index >= 15 is 0 Å². The van der Waals surface area contributed by atoms with E-state index in [-0.39, 0.29) is 5.84 Å². The van der Waals surface area contributed by atoms with Crippen molar-refractivity contribution in [3.05, 3.63) is 35.4 Å². The quantitative estimate of drug-likeness (QED) is 0.286. The number of rotatable bonds is 6. The largest absolute Gasteiger partial charge is 0.409 e. The van der Waals surface area contributed by atoms with Gasteiger partial charge < -0.3 is 21.0 Å². The van der Waals surface area contributed by atoms with E-state index in [4.69, 9.17) is 15.7 Å². The molecule has 5 nitrogen and oxygen atoms in total. The molecule has 0 fully saturated rings. The minimum absolute atomic E-state index is 0.174. The topological polar surface area (TPSA) is 79.9 Å². The van der Waals surface area contributed by atoms with Crippen LogP contribution < -0.4 is 11.1 Å². The molecule has 0 unspecified atom stereocenters. The van der Waals surface area contributed by atoms with E-state index in [9.17, 15) is 0 Å². The lowest BCUT2D eigenvalue weighted by Gasteiger charge is -2.06. The van der Waals surface area contributed by atoms with Crippen molar-refractivity contribution < 1.29 is 9.94 Å². The molecule has 0 heterocycles. The third-order valence-corrected chi connectivity index (χ3v) is 2.07. The number of nitrogens with one attached hydrogen (secondary N) is 1. The minimum atomic E-state index is 0.174. The molecule has 0 aromatic heterocycles. The van der Waals surface area contributed by atoms with E-state index in [0.29, 0.717) is 19.7 Å². The second-order valence-electron chi connectivity index (χ2n) is 3.45. The molecular formula is C11H17N3O2. The van der Waals surface area contributed by atoms with Crippen LogP contribution in [0.4, 0.5) is 0 Å². The number of nitrogens with two attached hydrogens (primary N) is 1. The Bertz CT molecular complexity index is 353. The number of methoxy groups -OCH3 is 1. The van der Waals surface area contributed by atoms with Crippen LogP contribution in [0.3, 0.4) is 0 Å². The first-order chi connectivity index (χ1) is 7.76. The Kier molecular flexibility index (Phi) is 5.31. The number of hydrogen-bond acceptors (Lipinski definition) is 4. The maximum absolute atomic E-state index is 8.35. The van der Waals surface area contributed by atoms with Crippen molar-refractivity contribution in [1.29, 1.82) is 0 Å². The number of benzene rings is 1. The molecular weight excluding hydrogens is 206 g/mol. The van der Waals surface area contributed by atoms with Crippen LogP contribution in [0.15, 0.2) is 29.4 Å². The van der Waals surface area contributed by atoms with Gasteiger partial charge in [-0.25, -0.2) is 0 Å². The molecule has 0 saturated carbocycles. The summed E-state index contributed by atoms with van der Waals surface area (Å²) in [6.07, 6.45) is 0. The van der Waals surface area contributed by atoms with Gasteiger partial charge in [-0.2, -0.15) is 0 Å². The Labute approximate surface area is 94.9 Å².